The van der Waals surface area contributed by atoms with Crippen LogP contribution in [-0.2, 0) is 18.3 Å². The van der Waals surface area contributed by atoms with Crippen molar-refractivity contribution in [1.82, 2.24) is 0 Å². The average molecular weight is 274 g/mol. The molecule has 1 atom stereocenters. The van der Waals surface area contributed by atoms with Crippen LogP contribution >= 0.6 is 7.60 Å². The topological polar surface area (TPSA) is 82.1 Å². The number of aliphatic hydroxyl groups excluding tert-OH is 1. The summed E-state index contributed by atoms with van der Waals surface area (Å²) in [6.07, 6.45) is 0. The quantitative estimate of drug-likeness (QED) is 0.652. The van der Waals surface area contributed by atoms with E-state index in [0.29, 0.717) is 11.1 Å². The predicted molar refractivity (Wildman–Crippen MR) is 64.4 cm³/mol. The fourth-order valence-electron chi connectivity index (χ4n) is 1.37. The van der Waals surface area contributed by atoms with Gasteiger partial charge in [0, 0.05) is 14.2 Å². The second-order valence-electron chi connectivity index (χ2n) is 3.39. The highest BCUT2D eigenvalue weighted by molar-refractivity contribution is 7.53. The van der Waals surface area contributed by atoms with Gasteiger partial charge >= 0.3 is 13.6 Å². The van der Waals surface area contributed by atoms with Crippen LogP contribution in [0.25, 0.3) is 0 Å². The van der Waals surface area contributed by atoms with Crippen molar-refractivity contribution >= 4 is 13.6 Å². The molecule has 0 aliphatic heterocycles. The second-order valence-corrected chi connectivity index (χ2v) is 5.69. The number of hydrogen-bond acceptors (Lipinski definition) is 6. The molecule has 0 spiro atoms. The molecular formula is C11H15O6P. The van der Waals surface area contributed by atoms with Gasteiger partial charge in [0.2, 0.25) is 0 Å². The summed E-state index contributed by atoms with van der Waals surface area (Å²) in [5.74, 6) is -1.89. The first kappa shape index (κ1) is 14.9. The van der Waals surface area contributed by atoms with Gasteiger partial charge in [0.05, 0.1) is 12.7 Å². The highest BCUT2D eigenvalue weighted by atomic mass is 31.2. The van der Waals surface area contributed by atoms with Crippen LogP contribution < -0.4 is 0 Å². The van der Waals surface area contributed by atoms with E-state index in [4.69, 9.17) is 9.05 Å². The fourth-order valence-corrected chi connectivity index (χ4v) is 2.45. The zero-order valence-electron chi connectivity index (χ0n) is 10.3. The van der Waals surface area contributed by atoms with Gasteiger partial charge in [-0.15, -0.1) is 0 Å². The van der Waals surface area contributed by atoms with Gasteiger partial charge < -0.3 is 18.9 Å². The van der Waals surface area contributed by atoms with E-state index < -0.39 is 19.4 Å². The van der Waals surface area contributed by atoms with Crippen LogP contribution in [0.4, 0.5) is 0 Å². The lowest BCUT2D eigenvalue weighted by Gasteiger charge is -2.19. The van der Waals surface area contributed by atoms with Crippen LogP contribution in [0.1, 0.15) is 21.8 Å². The van der Waals surface area contributed by atoms with Crippen LogP contribution in [0.5, 0.6) is 0 Å². The molecule has 6 nitrogen and oxygen atoms in total. The third-order valence-corrected chi connectivity index (χ3v) is 4.35. The van der Waals surface area contributed by atoms with Crippen molar-refractivity contribution in [2.75, 3.05) is 21.3 Å². The summed E-state index contributed by atoms with van der Waals surface area (Å²) in [6.45, 7) is 0. The first-order chi connectivity index (χ1) is 8.48. The van der Waals surface area contributed by atoms with Gasteiger partial charge in [0.15, 0.2) is 5.85 Å². The first-order valence-corrected chi connectivity index (χ1v) is 6.67. The number of hydrogen-bond donors (Lipinski definition) is 1. The van der Waals surface area contributed by atoms with Crippen molar-refractivity contribution in [3.05, 3.63) is 35.4 Å². The minimum Gasteiger partial charge on any atom is -0.465 e. The van der Waals surface area contributed by atoms with Gasteiger partial charge in [0.25, 0.3) is 0 Å². The van der Waals surface area contributed by atoms with Crippen LogP contribution in [0.15, 0.2) is 24.3 Å². The van der Waals surface area contributed by atoms with Crippen molar-refractivity contribution in [2.24, 2.45) is 0 Å². The maximum atomic E-state index is 11.9. The molecule has 0 unspecified atom stereocenters. The van der Waals surface area contributed by atoms with Gasteiger partial charge in [-0.1, -0.05) is 12.1 Å². The largest absolute Gasteiger partial charge is 0.465 e. The molecule has 0 saturated heterocycles. The minimum absolute atomic E-state index is 0.328. The average Bonchev–Trinajstić information content (AvgIpc) is 2.44. The smallest absolute Gasteiger partial charge is 0.362 e. The molecule has 0 aliphatic rings. The molecule has 0 aromatic heterocycles. The number of methoxy groups -OCH3 is 1. The Labute approximate surface area is 105 Å². The van der Waals surface area contributed by atoms with E-state index in [1.165, 1.54) is 45.6 Å². The zero-order valence-corrected chi connectivity index (χ0v) is 11.2. The maximum Gasteiger partial charge on any atom is 0.362 e. The van der Waals surface area contributed by atoms with Gasteiger partial charge in [0.1, 0.15) is 0 Å². The summed E-state index contributed by atoms with van der Waals surface area (Å²) in [6, 6.07) is 5.84. The molecule has 100 valence electrons. The number of benzene rings is 1. The molecule has 0 amide bonds. The van der Waals surface area contributed by atoms with E-state index in [2.05, 4.69) is 4.74 Å². The van der Waals surface area contributed by atoms with Gasteiger partial charge in [-0.2, -0.15) is 0 Å². The Hall–Kier alpha value is -1.20. The molecule has 1 N–H and O–H groups in total. The second kappa shape index (κ2) is 6.11. The molecule has 0 saturated carbocycles. The number of carbonyl (C=O) groups excluding carboxylic acids is 1. The number of aliphatic hydroxyl groups is 1. The fraction of sp³-hybridized carbons (Fsp3) is 0.364. The van der Waals surface area contributed by atoms with Crippen molar-refractivity contribution in [3.63, 3.8) is 0 Å². The minimum atomic E-state index is -3.60. The molecular weight excluding hydrogens is 259 g/mol. The van der Waals surface area contributed by atoms with Gasteiger partial charge in [-0.25, -0.2) is 4.79 Å². The number of ether oxygens (including phenoxy) is 1. The van der Waals surface area contributed by atoms with E-state index in [9.17, 15) is 14.5 Å². The van der Waals surface area contributed by atoms with E-state index >= 15 is 0 Å². The molecule has 0 bridgehead atoms. The van der Waals surface area contributed by atoms with Crippen LogP contribution in [0.2, 0.25) is 0 Å². The Morgan fingerprint density at radius 1 is 1.17 bits per heavy atom. The van der Waals surface area contributed by atoms with E-state index in [1.807, 2.05) is 0 Å². The SMILES string of the molecule is COC(=O)c1ccc([C@H](O)P(=O)(OC)OC)cc1. The van der Waals surface area contributed by atoms with E-state index in [0.717, 1.165) is 0 Å². The van der Waals surface area contributed by atoms with Crippen LogP contribution in [-0.4, -0.2) is 32.4 Å². The highest BCUT2D eigenvalue weighted by Gasteiger charge is 2.33. The highest BCUT2D eigenvalue weighted by Crippen LogP contribution is 2.58. The Morgan fingerprint density at radius 2 is 1.67 bits per heavy atom. The van der Waals surface area contributed by atoms with Crippen molar-refractivity contribution in [1.29, 1.82) is 0 Å². The van der Waals surface area contributed by atoms with Gasteiger partial charge in [-0.3, -0.25) is 4.57 Å². The van der Waals surface area contributed by atoms with E-state index in [-0.39, 0.29) is 0 Å². The molecule has 1 aromatic rings. The van der Waals surface area contributed by atoms with Crippen molar-refractivity contribution in [3.8, 4) is 0 Å². The molecule has 0 radical (unpaired) electrons. The summed E-state index contributed by atoms with van der Waals surface area (Å²) >= 11 is 0. The molecule has 1 aromatic carbocycles. The number of carbonyl (C=O) groups is 1. The third-order valence-electron chi connectivity index (χ3n) is 2.44. The molecule has 0 fully saturated rings. The number of esters is 1. The van der Waals surface area contributed by atoms with Crippen LogP contribution in [0, 0.1) is 0 Å². The summed E-state index contributed by atoms with van der Waals surface area (Å²) in [5.41, 5.74) is 0.660. The summed E-state index contributed by atoms with van der Waals surface area (Å²) < 4.78 is 25.9. The van der Waals surface area contributed by atoms with Crippen molar-refractivity contribution < 1.29 is 28.3 Å². The Morgan fingerprint density at radius 3 is 2.06 bits per heavy atom. The third kappa shape index (κ3) is 2.97. The Kier molecular flexibility index (Phi) is 5.04. The maximum absolute atomic E-state index is 11.9. The molecule has 7 heteroatoms. The molecule has 0 aliphatic carbocycles. The molecule has 0 heterocycles. The van der Waals surface area contributed by atoms with Crippen molar-refractivity contribution in [2.45, 2.75) is 5.85 Å². The predicted octanol–water partition coefficient (Wildman–Crippen LogP) is 1.95. The van der Waals surface area contributed by atoms with Gasteiger partial charge in [-0.05, 0) is 17.7 Å². The summed E-state index contributed by atoms with van der Waals surface area (Å²) in [5, 5.41) is 9.90. The molecule has 1 rings (SSSR count). The normalized spacial score (nSPS) is 13.1. The Balaban J connectivity index is 2.98. The lowest BCUT2D eigenvalue weighted by atomic mass is 10.1. The zero-order chi connectivity index (χ0) is 13.8. The van der Waals surface area contributed by atoms with Crippen LogP contribution in [0.3, 0.4) is 0 Å². The standard InChI is InChI=1S/C11H15O6P/c1-15-10(12)8-4-6-9(7-5-8)11(13)18(14,16-2)17-3/h4-7,11,13H,1-3H3/t11-/m1/s1. The lowest BCUT2D eigenvalue weighted by Crippen LogP contribution is -2.05. The Bertz CT molecular complexity index is 447. The first-order valence-electron chi connectivity index (χ1n) is 5.06. The van der Waals surface area contributed by atoms with E-state index in [1.54, 1.807) is 0 Å². The summed E-state index contributed by atoms with van der Waals surface area (Å²) in [7, 11) is 0.0540. The summed E-state index contributed by atoms with van der Waals surface area (Å²) in [4.78, 5) is 11.2. The number of rotatable bonds is 5. The lowest BCUT2D eigenvalue weighted by molar-refractivity contribution is 0.0600. The molecule has 18 heavy (non-hydrogen) atoms. The monoisotopic (exact) mass is 274 g/mol.